The van der Waals surface area contributed by atoms with Crippen molar-refractivity contribution in [3.05, 3.63) is 12.7 Å². The van der Waals surface area contributed by atoms with E-state index in [1.54, 1.807) is 0 Å². The molecule has 1 saturated heterocycles. The molecule has 148 valence electrons. The number of aromatic nitrogens is 4. The van der Waals surface area contributed by atoms with Crippen molar-refractivity contribution in [2.75, 3.05) is 23.4 Å². The monoisotopic (exact) mass is 405 g/mol. The lowest BCUT2D eigenvalue weighted by Crippen LogP contribution is -2.68. The maximum atomic E-state index is 10.9. The molecule has 11 nitrogen and oxygen atoms in total. The molecule has 1 aliphatic rings. The van der Waals surface area contributed by atoms with Gasteiger partial charge in [-0.3, -0.25) is 4.57 Å². The predicted octanol–water partition coefficient (Wildman–Crippen LogP) is -3.97. The molecule has 27 heavy (non-hydrogen) atoms. The van der Waals surface area contributed by atoms with E-state index < -0.39 is 53.6 Å². The molecule has 7 N–H and O–H groups in total. The van der Waals surface area contributed by atoms with Crippen molar-refractivity contribution in [3.8, 4) is 0 Å². The lowest BCUT2D eigenvalue weighted by molar-refractivity contribution is -0.437. The maximum absolute atomic E-state index is 10.9. The topological polar surface area (TPSA) is 187 Å². The number of quaternary nitrogens is 1. The second-order valence-electron chi connectivity index (χ2n) is 6.30. The Morgan fingerprint density at radius 2 is 2.30 bits per heavy atom. The summed E-state index contributed by atoms with van der Waals surface area (Å²) in [7, 11) is -1.29. The number of ether oxygens (including phenoxy) is 1. The van der Waals surface area contributed by atoms with Crippen molar-refractivity contribution in [2.24, 2.45) is 0 Å². The molecule has 3 heterocycles. The minimum Gasteiger partial charge on any atom is -0.544 e. The summed E-state index contributed by atoms with van der Waals surface area (Å²) >= 11 is 0. The fraction of sp³-hybridized carbons (Fsp3) is 0.600. The zero-order chi connectivity index (χ0) is 22.2. The van der Waals surface area contributed by atoms with Gasteiger partial charge in [0.15, 0.2) is 17.7 Å². The molecule has 2 aromatic rings. The summed E-state index contributed by atoms with van der Waals surface area (Å²) in [5, 5.41) is 31.8. The number of aliphatic hydroxyl groups is 2. The molecule has 0 spiro atoms. The number of carboxylic acid groups (broad SMARTS) is 1. The number of imidazole rings is 1. The average molecular weight is 405 g/mol. The van der Waals surface area contributed by atoms with Crippen LogP contribution in [0.25, 0.3) is 11.2 Å². The molecule has 12 heteroatoms. The molecule has 2 aromatic heterocycles. The molecule has 3 rings (SSSR count). The molecule has 1 fully saturated rings. The highest BCUT2D eigenvalue weighted by Gasteiger charge is 2.46. The lowest BCUT2D eigenvalue weighted by Gasteiger charge is -2.16. The Kier molecular flexibility index (Phi) is 4.71. The molecule has 0 radical (unpaired) electrons. The first-order valence-electron chi connectivity index (χ1n) is 9.67. The van der Waals surface area contributed by atoms with Crippen LogP contribution >= 0.6 is 0 Å². The first kappa shape index (κ1) is 16.0. The number of nitrogens with zero attached hydrogens (tertiary/aromatic N) is 4. The third-order valence-electron chi connectivity index (χ3n) is 4.41. The minimum atomic E-state index is -2.39. The smallest absolute Gasteiger partial charge is 0.167 e. The van der Waals surface area contributed by atoms with Gasteiger partial charge in [-0.25, -0.2) is 15.0 Å². The Labute approximate surface area is 161 Å². The number of nitrogens with two attached hydrogens (primary N) is 1. The van der Waals surface area contributed by atoms with E-state index in [4.69, 9.17) is 14.6 Å². The molecule has 0 saturated carbocycles. The Balaban J connectivity index is 1.77. The van der Waals surface area contributed by atoms with Crippen LogP contribution in [0.15, 0.2) is 12.7 Å². The Hall–Kier alpha value is -1.99. The van der Waals surface area contributed by atoms with Gasteiger partial charge in [0, 0.05) is 6.42 Å². The average Bonchev–Trinajstić information content (AvgIpc) is 3.21. The summed E-state index contributed by atoms with van der Waals surface area (Å²) in [6.45, 7) is 0. The van der Waals surface area contributed by atoms with Crippen LogP contribution in [-0.2, 0) is 20.4 Å². The zero-order valence-corrected chi connectivity index (χ0v) is 15.1. The van der Waals surface area contributed by atoms with Crippen LogP contribution in [0.3, 0.4) is 0 Å². The van der Waals surface area contributed by atoms with Crippen LogP contribution in [0.4, 0.5) is 5.82 Å². The van der Waals surface area contributed by atoms with Gasteiger partial charge in [0.2, 0.25) is 0 Å². The normalized spacial score (nSPS) is 29.8. The summed E-state index contributed by atoms with van der Waals surface area (Å²) in [4.78, 5) is 22.9. The zero-order valence-electron chi connectivity index (χ0n) is 17.3. The standard InChI is InChI=1S/C15H22N6O5S/c1-27(3-2-7(16)15(24)25)4-8-10(22)11(23)14(26-8)21-6-20-9-12(17)18-5-19-13(9)21/h5-8,10-11,14,22-23H,2-4,16H2,1H3,(H2-,17,18,19,24,25)/p+1/t7-,8+,10+,11+,14+,27?/m0/s1/i1T3. The first-order chi connectivity index (χ1) is 14.0. The van der Waals surface area contributed by atoms with Crippen LogP contribution in [0.1, 0.15) is 16.8 Å². The number of hydrogen-bond donors (Lipinski definition) is 4. The molecular weight excluding hydrogens is 376 g/mol. The van der Waals surface area contributed by atoms with Gasteiger partial charge in [-0.15, -0.1) is 0 Å². The van der Waals surface area contributed by atoms with E-state index in [2.05, 4.69) is 20.7 Å². The van der Waals surface area contributed by atoms with Gasteiger partial charge in [-0.05, 0) is 10.9 Å². The van der Waals surface area contributed by atoms with E-state index in [9.17, 15) is 20.1 Å². The Morgan fingerprint density at radius 3 is 3.00 bits per heavy atom. The highest BCUT2D eigenvalue weighted by atomic mass is 32.2. The van der Waals surface area contributed by atoms with Gasteiger partial charge in [0.1, 0.15) is 47.7 Å². The second-order valence-corrected chi connectivity index (χ2v) is 8.02. The van der Waals surface area contributed by atoms with Crippen molar-refractivity contribution in [2.45, 2.75) is 37.0 Å². The summed E-state index contributed by atoms with van der Waals surface area (Å²) < 4.78 is 30.5. The van der Waals surface area contributed by atoms with E-state index in [1.807, 2.05) is 0 Å². The number of aliphatic carboxylic acids is 1. The number of carbonyl (C=O) groups excluding carboxylic acids is 1. The largest absolute Gasteiger partial charge is 0.544 e. The number of anilines is 1. The summed E-state index contributed by atoms with van der Waals surface area (Å²) in [6, 6.07) is -1.04. The van der Waals surface area contributed by atoms with Crippen molar-refractivity contribution < 1.29 is 34.7 Å². The molecular formula is C15H23N6O5S+. The lowest BCUT2D eigenvalue weighted by atomic mass is 10.1. The number of hydrogen-bond acceptors (Lipinski definition) is 9. The molecule has 1 aliphatic heterocycles. The van der Waals surface area contributed by atoms with Crippen molar-refractivity contribution in [3.63, 3.8) is 0 Å². The van der Waals surface area contributed by atoms with Crippen molar-refractivity contribution in [1.29, 1.82) is 0 Å². The SMILES string of the molecule is [3H]C([3H])([3H])[S+](CC[C@H]([NH3+])C(=O)[O-])C[C@H]1O[C@@H](n2cnc3c(N)ncnc32)[C@H](O)[C@@H]1O. The minimum absolute atomic E-state index is 0.0149. The van der Waals surface area contributed by atoms with E-state index in [-0.39, 0.29) is 23.7 Å². The van der Waals surface area contributed by atoms with Gasteiger partial charge in [-0.2, -0.15) is 0 Å². The fourth-order valence-electron chi connectivity index (χ4n) is 2.84. The first-order valence-corrected chi connectivity index (χ1v) is 9.73. The summed E-state index contributed by atoms with van der Waals surface area (Å²) in [5.74, 6) is -1.26. The number of aliphatic hydroxyl groups excluding tert-OH is 2. The van der Waals surface area contributed by atoms with Crippen LogP contribution < -0.4 is 16.6 Å². The van der Waals surface area contributed by atoms with E-state index >= 15 is 0 Å². The molecule has 0 amide bonds. The molecule has 6 atom stereocenters. The number of rotatable bonds is 7. The van der Waals surface area contributed by atoms with Crippen molar-refractivity contribution in [1.82, 2.24) is 19.5 Å². The van der Waals surface area contributed by atoms with Crippen LogP contribution in [0, 0.1) is 0 Å². The van der Waals surface area contributed by atoms with Gasteiger partial charge >= 0.3 is 0 Å². The van der Waals surface area contributed by atoms with Gasteiger partial charge in [0.05, 0.1) is 22.6 Å². The third kappa shape index (κ3) is 3.99. The number of nitrogen functional groups attached to an aromatic ring is 1. The summed E-state index contributed by atoms with van der Waals surface area (Å²) in [6.07, 6.45) is -4.58. The van der Waals surface area contributed by atoms with E-state index in [1.165, 1.54) is 17.2 Å². The number of fused-ring (bicyclic) bond motifs is 1. The number of carbonyl (C=O) groups is 1. The molecule has 1 unspecified atom stereocenters. The van der Waals surface area contributed by atoms with E-state index in [0.29, 0.717) is 11.2 Å². The van der Waals surface area contributed by atoms with Gasteiger partial charge in [-0.1, -0.05) is 0 Å². The van der Waals surface area contributed by atoms with E-state index in [0.717, 1.165) is 0 Å². The quantitative estimate of drug-likeness (QED) is 0.333. The fourth-order valence-corrected chi connectivity index (χ4v) is 4.24. The Bertz CT molecular complexity index is 915. The molecule has 0 aliphatic carbocycles. The van der Waals surface area contributed by atoms with Crippen molar-refractivity contribution >= 4 is 33.8 Å². The third-order valence-corrected chi connectivity index (χ3v) is 5.87. The number of carboxylic acids is 1. The maximum Gasteiger partial charge on any atom is 0.167 e. The van der Waals surface area contributed by atoms with Crippen LogP contribution in [0.5, 0.6) is 0 Å². The molecule has 0 aromatic carbocycles. The highest BCUT2D eigenvalue weighted by Crippen LogP contribution is 2.32. The van der Waals surface area contributed by atoms with Crippen LogP contribution in [0.2, 0.25) is 0 Å². The Morgan fingerprint density at radius 1 is 1.52 bits per heavy atom. The van der Waals surface area contributed by atoms with Gasteiger partial charge < -0.3 is 36.3 Å². The van der Waals surface area contributed by atoms with Crippen LogP contribution in [-0.4, -0.2) is 77.7 Å². The summed E-state index contributed by atoms with van der Waals surface area (Å²) in [5.41, 5.74) is 9.79. The predicted molar refractivity (Wildman–Crippen MR) is 95.0 cm³/mol. The highest BCUT2D eigenvalue weighted by molar-refractivity contribution is 7.96. The van der Waals surface area contributed by atoms with Gasteiger partial charge in [0.25, 0.3) is 0 Å². The second kappa shape index (κ2) is 7.94. The molecule has 0 bridgehead atoms.